The fraction of sp³-hybridized carbons (Fsp3) is 0.462. The molecular formula is C26H33NO3. The molecule has 3 rings (SSSR count). The molecular weight excluding hydrogens is 374 g/mol. The van der Waals surface area contributed by atoms with Crippen LogP contribution in [0.2, 0.25) is 0 Å². The number of carbonyl (C=O) groups excluding carboxylic acids is 2. The van der Waals surface area contributed by atoms with Crippen LogP contribution in [0.3, 0.4) is 0 Å². The molecule has 1 N–H and O–H groups in total. The zero-order chi connectivity index (χ0) is 21.0. The van der Waals surface area contributed by atoms with Crippen molar-refractivity contribution in [2.45, 2.75) is 76.7 Å². The van der Waals surface area contributed by atoms with E-state index >= 15 is 0 Å². The Bertz CT molecular complexity index is 791. The van der Waals surface area contributed by atoms with Crippen molar-refractivity contribution in [1.82, 2.24) is 0 Å². The molecule has 1 fully saturated rings. The summed E-state index contributed by atoms with van der Waals surface area (Å²) in [5.41, 5.74) is 1.46. The summed E-state index contributed by atoms with van der Waals surface area (Å²) in [7, 11) is 0. The van der Waals surface area contributed by atoms with E-state index in [0.717, 1.165) is 25.7 Å². The molecule has 1 aliphatic carbocycles. The number of anilines is 1. The molecule has 160 valence electrons. The lowest BCUT2D eigenvalue weighted by atomic mass is 9.99. The van der Waals surface area contributed by atoms with E-state index in [0.29, 0.717) is 16.8 Å². The third-order valence-corrected chi connectivity index (χ3v) is 5.76. The SMILES string of the molecule is O=C(Nc1ccccc1C(=O)OC1CCCCCCCCCCC1)c1ccccc1. The summed E-state index contributed by atoms with van der Waals surface area (Å²) in [6, 6.07) is 16.1. The minimum absolute atomic E-state index is 0.0465. The molecule has 0 atom stereocenters. The highest BCUT2D eigenvalue weighted by molar-refractivity contribution is 6.08. The highest BCUT2D eigenvalue weighted by Gasteiger charge is 2.19. The Morgan fingerprint density at radius 2 is 1.23 bits per heavy atom. The van der Waals surface area contributed by atoms with Gasteiger partial charge in [0.2, 0.25) is 0 Å². The molecule has 0 aromatic heterocycles. The van der Waals surface area contributed by atoms with Gasteiger partial charge in [-0.15, -0.1) is 0 Å². The molecule has 1 amide bonds. The fourth-order valence-electron chi connectivity index (χ4n) is 4.01. The van der Waals surface area contributed by atoms with E-state index in [1.54, 1.807) is 30.3 Å². The molecule has 0 heterocycles. The van der Waals surface area contributed by atoms with Crippen molar-refractivity contribution in [3.63, 3.8) is 0 Å². The average Bonchev–Trinajstić information content (AvgIpc) is 2.76. The molecule has 0 spiro atoms. The maximum Gasteiger partial charge on any atom is 0.340 e. The number of carbonyl (C=O) groups is 2. The molecule has 30 heavy (non-hydrogen) atoms. The first kappa shape index (κ1) is 22.1. The van der Waals surface area contributed by atoms with Crippen LogP contribution in [0.25, 0.3) is 0 Å². The van der Waals surface area contributed by atoms with Gasteiger partial charge in [0.15, 0.2) is 0 Å². The number of esters is 1. The number of para-hydroxylation sites is 1. The van der Waals surface area contributed by atoms with Gasteiger partial charge in [-0.2, -0.15) is 0 Å². The summed E-state index contributed by atoms with van der Waals surface area (Å²) in [6.45, 7) is 0. The second-order valence-electron chi connectivity index (χ2n) is 8.15. The largest absolute Gasteiger partial charge is 0.459 e. The van der Waals surface area contributed by atoms with Crippen molar-refractivity contribution in [2.75, 3.05) is 5.32 Å². The summed E-state index contributed by atoms with van der Waals surface area (Å²) in [5, 5.41) is 2.86. The van der Waals surface area contributed by atoms with Gasteiger partial charge in [0.25, 0.3) is 5.91 Å². The fourth-order valence-corrected chi connectivity index (χ4v) is 4.01. The Labute approximate surface area is 180 Å². The number of hydrogen-bond donors (Lipinski definition) is 1. The maximum atomic E-state index is 13.0. The quantitative estimate of drug-likeness (QED) is 0.569. The van der Waals surface area contributed by atoms with Crippen molar-refractivity contribution in [3.05, 3.63) is 65.7 Å². The van der Waals surface area contributed by atoms with E-state index in [1.807, 2.05) is 24.3 Å². The molecule has 4 nitrogen and oxygen atoms in total. The number of rotatable bonds is 4. The van der Waals surface area contributed by atoms with Crippen LogP contribution in [0.4, 0.5) is 5.69 Å². The van der Waals surface area contributed by atoms with E-state index in [2.05, 4.69) is 5.32 Å². The number of benzene rings is 2. The van der Waals surface area contributed by atoms with Crippen LogP contribution in [-0.2, 0) is 4.74 Å². The number of ether oxygens (including phenoxy) is 1. The Morgan fingerprint density at radius 1 is 0.700 bits per heavy atom. The van der Waals surface area contributed by atoms with Crippen LogP contribution in [0.5, 0.6) is 0 Å². The number of amides is 1. The minimum Gasteiger partial charge on any atom is -0.459 e. The third kappa shape index (κ3) is 7.01. The summed E-state index contributed by atoms with van der Waals surface area (Å²) >= 11 is 0. The summed E-state index contributed by atoms with van der Waals surface area (Å²) < 4.78 is 5.92. The number of hydrogen-bond acceptors (Lipinski definition) is 3. The molecule has 0 bridgehead atoms. The summed E-state index contributed by atoms with van der Waals surface area (Å²) in [4.78, 5) is 25.5. The maximum absolute atomic E-state index is 13.0. The van der Waals surface area contributed by atoms with Crippen molar-refractivity contribution in [2.24, 2.45) is 0 Å². The van der Waals surface area contributed by atoms with Crippen molar-refractivity contribution in [3.8, 4) is 0 Å². The lowest BCUT2D eigenvalue weighted by Crippen LogP contribution is -2.21. The zero-order valence-corrected chi connectivity index (χ0v) is 17.8. The van der Waals surface area contributed by atoms with E-state index in [4.69, 9.17) is 4.74 Å². The first-order chi connectivity index (χ1) is 14.7. The van der Waals surface area contributed by atoms with Crippen LogP contribution in [-0.4, -0.2) is 18.0 Å². The van der Waals surface area contributed by atoms with Gasteiger partial charge in [0.05, 0.1) is 11.3 Å². The van der Waals surface area contributed by atoms with E-state index in [9.17, 15) is 9.59 Å². The predicted molar refractivity (Wildman–Crippen MR) is 121 cm³/mol. The molecule has 0 unspecified atom stereocenters. The normalized spacial score (nSPS) is 16.7. The lowest BCUT2D eigenvalue weighted by molar-refractivity contribution is 0.0249. The second-order valence-corrected chi connectivity index (χ2v) is 8.15. The second kappa shape index (κ2) is 12.2. The van der Waals surface area contributed by atoms with Gasteiger partial charge in [-0.1, -0.05) is 75.3 Å². The van der Waals surface area contributed by atoms with Gasteiger partial charge in [-0.05, 0) is 49.9 Å². The van der Waals surface area contributed by atoms with Crippen molar-refractivity contribution < 1.29 is 14.3 Å². The molecule has 2 aromatic carbocycles. The monoisotopic (exact) mass is 407 g/mol. The van der Waals surface area contributed by atoms with Crippen LogP contribution in [0, 0.1) is 0 Å². The molecule has 0 radical (unpaired) electrons. The molecule has 0 saturated heterocycles. The highest BCUT2D eigenvalue weighted by Crippen LogP contribution is 2.22. The highest BCUT2D eigenvalue weighted by atomic mass is 16.5. The third-order valence-electron chi connectivity index (χ3n) is 5.76. The van der Waals surface area contributed by atoms with E-state index in [1.165, 1.54) is 44.9 Å². The summed E-state index contributed by atoms with van der Waals surface area (Å²) in [5.74, 6) is -0.585. The molecule has 0 aliphatic heterocycles. The van der Waals surface area contributed by atoms with E-state index < -0.39 is 0 Å². The Balaban J connectivity index is 1.64. The molecule has 1 saturated carbocycles. The van der Waals surface area contributed by atoms with Crippen LogP contribution >= 0.6 is 0 Å². The van der Waals surface area contributed by atoms with Gasteiger partial charge in [-0.3, -0.25) is 4.79 Å². The minimum atomic E-state index is -0.351. The van der Waals surface area contributed by atoms with Crippen LogP contribution in [0.1, 0.15) is 91.3 Å². The first-order valence-corrected chi connectivity index (χ1v) is 11.4. The van der Waals surface area contributed by atoms with Crippen molar-refractivity contribution >= 4 is 17.6 Å². The topological polar surface area (TPSA) is 55.4 Å². The Morgan fingerprint density at radius 3 is 1.87 bits per heavy atom. The van der Waals surface area contributed by atoms with Crippen molar-refractivity contribution in [1.29, 1.82) is 0 Å². The number of nitrogens with one attached hydrogen (secondary N) is 1. The van der Waals surface area contributed by atoms with Gasteiger partial charge < -0.3 is 10.1 Å². The molecule has 2 aromatic rings. The van der Waals surface area contributed by atoms with Crippen LogP contribution in [0.15, 0.2) is 54.6 Å². The van der Waals surface area contributed by atoms with Gasteiger partial charge in [0, 0.05) is 5.56 Å². The lowest BCUT2D eigenvalue weighted by Gasteiger charge is -2.20. The van der Waals surface area contributed by atoms with Gasteiger partial charge in [0.1, 0.15) is 6.10 Å². The van der Waals surface area contributed by atoms with Gasteiger partial charge >= 0.3 is 5.97 Å². The van der Waals surface area contributed by atoms with Crippen LogP contribution < -0.4 is 5.32 Å². The smallest absolute Gasteiger partial charge is 0.340 e. The van der Waals surface area contributed by atoms with Gasteiger partial charge in [-0.25, -0.2) is 4.79 Å². The predicted octanol–water partition coefficient (Wildman–Crippen LogP) is 6.77. The standard InChI is InChI=1S/C26H33NO3/c28-25(21-15-9-8-10-16-21)27-24-20-14-13-19-23(24)26(29)30-22-17-11-6-4-2-1-3-5-7-12-18-22/h8-10,13-16,19-20,22H,1-7,11-12,17-18H2,(H,27,28). The Kier molecular flexibility index (Phi) is 8.95. The summed E-state index contributed by atoms with van der Waals surface area (Å²) in [6.07, 6.45) is 12.9. The Hall–Kier alpha value is -2.62. The first-order valence-electron chi connectivity index (χ1n) is 11.4. The van der Waals surface area contributed by atoms with E-state index in [-0.39, 0.29) is 18.0 Å². The average molecular weight is 408 g/mol. The molecule has 1 aliphatic rings. The molecule has 4 heteroatoms. The zero-order valence-electron chi connectivity index (χ0n) is 17.8.